The van der Waals surface area contributed by atoms with E-state index in [1.165, 1.54) is 46.6 Å². The van der Waals surface area contributed by atoms with Crippen LogP contribution in [0.1, 0.15) is 31.3 Å². The monoisotopic (exact) mass is 511 g/mol. The van der Waals surface area contributed by atoms with E-state index in [0.717, 1.165) is 0 Å². The smallest absolute Gasteiger partial charge is 0.413 e. The molecule has 0 aliphatic heterocycles. The van der Waals surface area contributed by atoms with Crippen molar-refractivity contribution in [1.29, 1.82) is 0 Å². The lowest BCUT2D eigenvalue weighted by atomic mass is 10.2. The molecule has 0 atom stereocenters. The van der Waals surface area contributed by atoms with Crippen LogP contribution in [0.25, 0.3) is 11.2 Å². The maximum Gasteiger partial charge on any atom is 0.413 e. The van der Waals surface area contributed by atoms with Gasteiger partial charge in [0.2, 0.25) is 0 Å². The van der Waals surface area contributed by atoms with Crippen LogP contribution < -0.4 is 16.1 Å². The fourth-order valence-electron chi connectivity index (χ4n) is 3.16. The number of hydrogen-bond donors (Lipinski definition) is 3. The van der Waals surface area contributed by atoms with Gasteiger partial charge in [0.15, 0.2) is 17.0 Å². The molecule has 4 rings (SSSR count). The molecule has 0 saturated heterocycles. The zero-order valence-corrected chi connectivity index (χ0v) is 20.3. The third-order valence-electron chi connectivity index (χ3n) is 4.57. The molecule has 36 heavy (non-hydrogen) atoms. The minimum atomic E-state index is -0.697. The molecular formula is C22H22ClN9O4. The van der Waals surface area contributed by atoms with E-state index in [0.29, 0.717) is 11.3 Å². The molecule has 186 valence electrons. The van der Waals surface area contributed by atoms with Crippen molar-refractivity contribution in [3.8, 4) is 0 Å². The van der Waals surface area contributed by atoms with Crippen LogP contribution in [0, 0.1) is 0 Å². The van der Waals surface area contributed by atoms with Crippen molar-refractivity contribution < 1.29 is 19.1 Å². The average molecular weight is 512 g/mol. The molecule has 4 aromatic heterocycles. The Hall–Kier alpha value is -4.52. The third-order valence-corrected chi connectivity index (χ3v) is 4.88. The first-order chi connectivity index (χ1) is 17.1. The Balaban J connectivity index is 1.47. The van der Waals surface area contributed by atoms with Gasteiger partial charge in [0.1, 0.15) is 24.2 Å². The van der Waals surface area contributed by atoms with Crippen molar-refractivity contribution >= 4 is 52.2 Å². The number of carbonyl (C=O) groups excluding carboxylic acids is 3. The highest BCUT2D eigenvalue weighted by atomic mass is 35.5. The first-order valence-electron chi connectivity index (χ1n) is 10.6. The van der Waals surface area contributed by atoms with Crippen LogP contribution in [0.4, 0.5) is 16.3 Å². The second-order valence-corrected chi connectivity index (χ2v) is 8.91. The summed E-state index contributed by atoms with van der Waals surface area (Å²) in [5.41, 5.74) is 3.07. The summed E-state index contributed by atoms with van der Waals surface area (Å²) in [4.78, 5) is 54.0. The zero-order chi connectivity index (χ0) is 25.9. The fourth-order valence-corrected chi connectivity index (χ4v) is 3.39. The third kappa shape index (κ3) is 5.75. The molecule has 0 aliphatic carbocycles. The molecule has 3 amide bonds. The van der Waals surface area contributed by atoms with Gasteiger partial charge in [-0.15, -0.1) is 0 Å². The summed E-state index contributed by atoms with van der Waals surface area (Å²) in [6, 6.07) is 4.73. The quantitative estimate of drug-likeness (QED) is 0.356. The van der Waals surface area contributed by atoms with Gasteiger partial charge in [-0.05, 0) is 39.0 Å². The van der Waals surface area contributed by atoms with Crippen molar-refractivity contribution in [2.24, 2.45) is 0 Å². The van der Waals surface area contributed by atoms with Crippen molar-refractivity contribution in [3.05, 3.63) is 60.2 Å². The van der Waals surface area contributed by atoms with E-state index in [-0.39, 0.29) is 28.6 Å². The molecule has 0 spiro atoms. The summed E-state index contributed by atoms with van der Waals surface area (Å²) in [5.74, 6) is -0.865. The minimum absolute atomic E-state index is 0.0449. The number of carbonyl (C=O) groups is 3. The van der Waals surface area contributed by atoms with Crippen LogP contribution in [0.3, 0.4) is 0 Å². The molecule has 0 radical (unpaired) electrons. The number of amides is 3. The van der Waals surface area contributed by atoms with E-state index in [4.69, 9.17) is 16.3 Å². The molecule has 14 heteroatoms. The Labute approximate surface area is 209 Å². The summed E-state index contributed by atoms with van der Waals surface area (Å²) in [7, 11) is 0. The van der Waals surface area contributed by atoms with Crippen molar-refractivity contribution in [2.45, 2.75) is 32.9 Å². The molecule has 0 aromatic carbocycles. The minimum Gasteiger partial charge on any atom is -0.444 e. The van der Waals surface area contributed by atoms with Crippen LogP contribution in [0.2, 0.25) is 5.02 Å². The Morgan fingerprint density at radius 3 is 2.53 bits per heavy atom. The molecule has 4 heterocycles. The standard InChI is InChI=1S/C22H22ClN9O4/c1-22(2,3)36-21(35)29-18-16-19(26-11-25-18)31(12-27-16)10-15(33)30-32-9-6-14(23)17(32)20(34)28-13-4-7-24-8-5-13/h4-9,11-12H,10H2,1-3H3,(H,30,33)(H,24,28,34)(H,25,26,29,35). The summed E-state index contributed by atoms with van der Waals surface area (Å²) in [5, 5.41) is 5.38. The number of halogens is 1. The molecule has 13 nitrogen and oxygen atoms in total. The molecule has 3 N–H and O–H groups in total. The van der Waals surface area contributed by atoms with Crippen molar-refractivity contribution in [1.82, 2.24) is 29.2 Å². The molecule has 4 aromatic rings. The molecule has 0 fully saturated rings. The predicted octanol–water partition coefficient (Wildman–Crippen LogP) is 3.05. The van der Waals surface area contributed by atoms with Gasteiger partial charge in [0.05, 0.1) is 11.3 Å². The van der Waals surface area contributed by atoms with Crippen molar-refractivity contribution in [3.63, 3.8) is 0 Å². The van der Waals surface area contributed by atoms with Crippen LogP contribution in [0.5, 0.6) is 0 Å². The zero-order valence-electron chi connectivity index (χ0n) is 19.5. The number of nitrogens with zero attached hydrogens (tertiary/aromatic N) is 6. The van der Waals surface area contributed by atoms with Gasteiger partial charge < -0.3 is 14.6 Å². The largest absolute Gasteiger partial charge is 0.444 e. The lowest BCUT2D eigenvalue weighted by molar-refractivity contribution is -0.117. The first-order valence-corrected chi connectivity index (χ1v) is 11.0. The van der Waals surface area contributed by atoms with E-state index in [2.05, 4.69) is 36.0 Å². The molecular weight excluding hydrogens is 490 g/mol. The van der Waals surface area contributed by atoms with Crippen LogP contribution in [-0.4, -0.2) is 52.7 Å². The summed E-state index contributed by atoms with van der Waals surface area (Å²) < 4.78 is 7.93. The number of nitrogens with one attached hydrogen (secondary N) is 3. The van der Waals surface area contributed by atoms with Gasteiger partial charge >= 0.3 is 6.09 Å². The second kappa shape index (κ2) is 10.00. The normalized spacial score (nSPS) is 11.2. The number of imidazole rings is 1. The van der Waals surface area contributed by atoms with Crippen molar-refractivity contribution in [2.75, 3.05) is 16.1 Å². The Kier molecular flexibility index (Phi) is 6.83. The fraction of sp³-hybridized carbons (Fsp3) is 0.227. The SMILES string of the molecule is CC(C)(C)OC(=O)Nc1ncnc2c1ncn2CC(=O)Nn1ccc(Cl)c1C(=O)Nc1ccncc1. The van der Waals surface area contributed by atoms with E-state index in [9.17, 15) is 14.4 Å². The lowest BCUT2D eigenvalue weighted by Crippen LogP contribution is -2.30. The number of anilines is 2. The molecule has 0 bridgehead atoms. The first kappa shape index (κ1) is 24.6. The summed E-state index contributed by atoms with van der Waals surface area (Å²) in [6.07, 6.45) is 6.45. The van der Waals surface area contributed by atoms with Gasteiger partial charge in [-0.2, -0.15) is 0 Å². The van der Waals surface area contributed by atoms with E-state index >= 15 is 0 Å². The van der Waals surface area contributed by atoms with E-state index < -0.39 is 23.5 Å². The van der Waals surface area contributed by atoms with E-state index in [1.54, 1.807) is 32.9 Å². The van der Waals surface area contributed by atoms with E-state index in [1.807, 2.05) is 0 Å². The van der Waals surface area contributed by atoms with Gasteiger partial charge in [-0.3, -0.25) is 30.0 Å². The topological polar surface area (TPSA) is 158 Å². The molecule has 0 unspecified atom stereocenters. The van der Waals surface area contributed by atoms with Crippen LogP contribution >= 0.6 is 11.6 Å². The number of pyridine rings is 1. The number of fused-ring (bicyclic) bond motifs is 1. The van der Waals surface area contributed by atoms with Gasteiger partial charge in [-0.25, -0.2) is 19.7 Å². The number of aromatic nitrogens is 6. The number of ether oxygens (including phenoxy) is 1. The number of hydrogen-bond acceptors (Lipinski definition) is 8. The lowest BCUT2D eigenvalue weighted by Gasteiger charge is -2.19. The average Bonchev–Trinajstić information content (AvgIpc) is 3.37. The maximum atomic E-state index is 12.8. The van der Waals surface area contributed by atoms with Gasteiger partial charge in [0, 0.05) is 24.3 Å². The summed E-state index contributed by atoms with van der Waals surface area (Å²) in [6.45, 7) is 5.02. The maximum absolute atomic E-state index is 12.8. The summed E-state index contributed by atoms with van der Waals surface area (Å²) >= 11 is 6.19. The van der Waals surface area contributed by atoms with Gasteiger partial charge in [0.25, 0.3) is 11.8 Å². The molecule has 0 saturated carbocycles. The highest BCUT2D eigenvalue weighted by molar-refractivity contribution is 6.34. The predicted molar refractivity (Wildman–Crippen MR) is 131 cm³/mol. The van der Waals surface area contributed by atoms with Crippen LogP contribution in [0.15, 0.2) is 49.4 Å². The number of rotatable bonds is 6. The second-order valence-electron chi connectivity index (χ2n) is 8.50. The van der Waals surface area contributed by atoms with Gasteiger partial charge in [-0.1, -0.05) is 11.6 Å². The Morgan fingerprint density at radius 2 is 1.81 bits per heavy atom. The molecule has 0 aliphatic rings. The Morgan fingerprint density at radius 1 is 1.06 bits per heavy atom. The Bertz CT molecular complexity index is 1430. The van der Waals surface area contributed by atoms with Crippen LogP contribution in [-0.2, 0) is 16.1 Å². The highest BCUT2D eigenvalue weighted by Gasteiger charge is 2.21. The highest BCUT2D eigenvalue weighted by Crippen LogP contribution is 2.20.